The van der Waals surface area contributed by atoms with Gasteiger partial charge in [-0.25, -0.2) is 4.39 Å². The van der Waals surface area contributed by atoms with Gasteiger partial charge < -0.3 is 19.3 Å². The van der Waals surface area contributed by atoms with Crippen molar-refractivity contribution in [1.82, 2.24) is 4.90 Å². The molecule has 1 aromatic rings. The van der Waals surface area contributed by atoms with Crippen molar-refractivity contribution in [1.29, 1.82) is 0 Å². The maximum atomic E-state index is 13.2. The Hall–Kier alpha value is -1.37. The van der Waals surface area contributed by atoms with Crippen LogP contribution in [0.4, 0.5) is 4.39 Å². The second-order valence-electron chi connectivity index (χ2n) is 8.63. The summed E-state index contributed by atoms with van der Waals surface area (Å²) < 4.78 is 30.3. The Bertz CT molecular complexity index is 658. The summed E-state index contributed by atoms with van der Waals surface area (Å²) in [4.78, 5) is 2.38. The number of nitrogens with zero attached hydrogens (tertiary/aromatic N) is 1. The van der Waals surface area contributed by atoms with Crippen molar-refractivity contribution in [2.75, 3.05) is 26.8 Å². The molecule has 1 fully saturated rings. The van der Waals surface area contributed by atoms with Crippen LogP contribution in [0.3, 0.4) is 0 Å². The van der Waals surface area contributed by atoms with Crippen molar-refractivity contribution in [3.05, 3.63) is 23.3 Å². The topological polar surface area (TPSA) is 51.2 Å². The average Bonchev–Trinajstić information content (AvgIpc) is 2.58. The van der Waals surface area contributed by atoms with Gasteiger partial charge in [0.25, 0.3) is 0 Å². The van der Waals surface area contributed by atoms with E-state index >= 15 is 0 Å². The maximum Gasteiger partial charge on any atom is 0.161 e. The molecular formula is C21H32FNO4. The van der Waals surface area contributed by atoms with E-state index in [-0.39, 0.29) is 24.4 Å². The molecule has 2 aliphatic heterocycles. The van der Waals surface area contributed by atoms with Crippen molar-refractivity contribution >= 4 is 0 Å². The van der Waals surface area contributed by atoms with Crippen LogP contribution in [0.2, 0.25) is 0 Å². The highest BCUT2D eigenvalue weighted by Gasteiger charge is 2.40. The van der Waals surface area contributed by atoms with Crippen LogP contribution in [0.1, 0.15) is 51.3 Å². The van der Waals surface area contributed by atoms with Gasteiger partial charge in [-0.1, -0.05) is 0 Å². The smallest absolute Gasteiger partial charge is 0.161 e. The number of aliphatic hydroxyl groups is 1. The second kappa shape index (κ2) is 7.94. The molecule has 0 aromatic heterocycles. The van der Waals surface area contributed by atoms with Gasteiger partial charge in [0.1, 0.15) is 12.8 Å². The molecule has 3 rings (SSSR count). The summed E-state index contributed by atoms with van der Waals surface area (Å²) in [5.41, 5.74) is 2.06. The van der Waals surface area contributed by atoms with E-state index in [0.29, 0.717) is 24.5 Å². The van der Waals surface area contributed by atoms with E-state index in [2.05, 4.69) is 4.90 Å². The Morgan fingerprint density at radius 3 is 2.67 bits per heavy atom. The first-order valence-corrected chi connectivity index (χ1v) is 9.75. The number of rotatable bonds is 5. The number of halogens is 1. The first-order valence-electron chi connectivity index (χ1n) is 9.75. The summed E-state index contributed by atoms with van der Waals surface area (Å²) in [5, 5.41) is 10.7. The molecule has 152 valence electrons. The lowest BCUT2D eigenvalue weighted by Gasteiger charge is -2.46. The van der Waals surface area contributed by atoms with Crippen LogP contribution in [0, 0.1) is 0 Å². The van der Waals surface area contributed by atoms with Gasteiger partial charge >= 0.3 is 0 Å². The molecule has 1 saturated heterocycles. The molecule has 0 amide bonds. The van der Waals surface area contributed by atoms with E-state index in [1.54, 1.807) is 7.11 Å². The molecule has 4 atom stereocenters. The molecule has 0 bridgehead atoms. The summed E-state index contributed by atoms with van der Waals surface area (Å²) >= 11 is 0. The number of methoxy groups -OCH3 is 1. The van der Waals surface area contributed by atoms with Crippen LogP contribution < -0.4 is 9.47 Å². The summed E-state index contributed by atoms with van der Waals surface area (Å²) in [6.45, 7) is 9.14. The maximum absolute atomic E-state index is 13.2. The molecule has 0 unspecified atom stereocenters. The van der Waals surface area contributed by atoms with Gasteiger partial charge in [0, 0.05) is 19.1 Å². The molecule has 0 spiro atoms. The third-order valence-electron chi connectivity index (χ3n) is 5.18. The van der Waals surface area contributed by atoms with Gasteiger partial charge in [-0.3, -0.25) is 4.90 Å². The van der Waals surface area contributed by atoms with Gasteiger partial charge in [0.15, 0.2) is 11.5 Å². The SMILES string of the molecule is COc1cc2c(cc1OC[C@H](C)F)CCN1C[C@@H](OC(C)(C)C)[C@H](O)C[C@H]21. The fourth-order valence-electron chi connectivity index (χ4n) is 4.04. The molecule has 2 heterocycles. The van der Waals surface area contributed by atoms with Crippen molar-refractivity contribution in [3.8, 4) is 11.5 Å². The number of benzene rings is 1. The van der Waals surface area contributed by atoms with Crippen LogP contribution in [0.5, 0.6) is 11.5 Å². The third-order valence-corrected chi connectivity index (χ3v) is 5.18. The largest absolute Gasteiger partial charge is 0.493 e. The molecule has 0 saturated carbocycles. The highest BCUT2D eigenvalue weighted by atomic mass is 19.1. The van der Waals surface area contributed by atoms with E-state index in [9.17, 15) is 9.50 Å². The van der Waals surface area contributed by atoms with Gasteiger partial charge in [0.05, 0.1) is 24.9 Å². The minimum atomic E-state index is -1.03. The van der Waals surface area contributed by atoms with Crippen molar-refractivity contribution in [2.24, 2.45) is 0 Å². The summed E-state index contributed by atoms with van der Waals surface area (Å²) in [5.74, 6) is 1.19. The first-order chi connectivity index (χ1) is 12.7. The summed E-state index contributed by atoms with van der Waals surface area (Å²) in [7, 11) is 1.59. The minimum Gasteiger partial charge on any atom is -0.493 e. The quantitative estimate of drug-likeness (QED) is 0.848. The van der Waals surface area contributed by atoms with Gasteiger partial charge in [-0.2, -0.15) is 0 Å². The van der Waals surface area contributed by atoms with Crippen molar-refractivity contribution in [3.63, 3.8) is 0 Å². The lowest BCUT2D eigenvalue weighted by molar-refractivity contribution is -0.149. The Kier molecular flexibility index (Phi) is 5.99. The fourth-order valence-corrected chi connectivity index (χ4v) is 4.04. The fraction of sp³-hybridized carbons (Fsp3) is 0.714. The van der Waals surface area contributed by atoms with E-state index < -0.39 is 12.3 Å². The molecule has 0 aliphatic carbocycles. The van der Waals surface area contributed by atoms with Gasteiger partial charge in [0.2, 0.25) is 0 Å². The highest BCUT2D eigenvalue weighted by molar-refractivity contribution is 5.49. The number of piperidine rings is 1. The number of alkyl halides is 1. The Balaban J connectivity index is 1.82. The van der Waals surface area contributed by atoms with Crippen LogP contribution in [0.25, 0.3) is 0 Å². The molecule has 2 aliphatic rings. The minimum absolute atomic E-state index is 0.00916. The van der Waals surface area contributed by atoms with Gasteiger partial charge in [-0.15, -0.1) is 0 Å². The second-order valence-corrected chi connectivity index (χ2v) is 8.63. The zero-order chi connectivity index (χ0) is 19.8. The number of aliphatic hydroxyl groups excluding tert-OH is 1. The van der Waals surface area contributed by atoms with Crippen LogP contribution >= 0.6 is 0 Å². The number of hydrogen-bond acceptors (Lipinski definition) is 5. The Morgan fingerprint density at radius 1 is 1.30 bits per heavy atom. The van der Waals surface area contributed by atoms with Crippen LogP contribution in [0.15, 0.2) is 12.1 Å². The number of fused-ring (bicyclic) bond motifs is 3. The monoisotopic (exact) mass is 381 g/mol. The molecule has 1 aromatic carbocycles. The standard InChI is InChI=1S/C21H32FNO4/c1-13(22)12-26-19-8-14-6-7-23-11-20(27-21(2,3)4)17(24)10-16(23)15(14)9-18(19)25-5/h8-9,13,16-17,20,24H,6-7,10-12H2,1-5H3/t13-,16+,17+,20+/m0/s1. The number of ether oxygens (including phenoxy) is 3. The molecular weight excluding hydrogens is 349 g/mol. The third kappa shape index (κ3) is 4.73. The van der Waals surface area contributed by atoms with Crippen molar-refractivity contribution in [2.45, 2.75) is 70.6 Å². The number of hydrogen-bond donors (Lipinski definition) is 1. The van der Waals surface area contributed by atoms with E-state index in [1.165, 1.54) is 12.5 Å². The molecule has 1 N–H and O–H groups in total. The summed E-state index contributed by atoms with van der Waals surface area (Å²) in [6.07, 6.45) is -0.215. The zero-order valence-electron chi connectivity index (χ0n) is 17.0. The molecule has 5 nitrogen and oxygen atoms in total. The Labute approximate surface area is 161 Å². The van der Waals surface area contributed by atoms with Crippen LogP contribution in [-0.4, -0.2) is 60.8 Å². The zero-order valence-corrected chi connectivity index (χ0v) is 17.0. The van der Waals surface area contributed by atoms with E-state index in [4.69, 9.17) is 14.2 Å². The lowest BCUT2D eigenvalue weighted by Crippen LogP contribution is -2.53. The predicted molar refractivity (Wildman–Crippen MR) is 102 cm³/mol. The Morgan fingerprint density at radius 2 is 2.04 bits per heavy atom. The first kappa shape index (κ1) is 20.4. The highest BCUT2D eigenvalue weighted by Crippen LogP contribution is 2.42. The summed E-state index contributed by atoms with van der Waals surface area (Å²) in [6, 6.07) is 4.09. The molecule has 0 radical (unpaired) electrons. The van der Waals surface area contributed by atoms with Gasteiger partial charge in [-0.05, 0) is 63.8 Å². The van der Waals surface area contributed by atoms with Crippen LogP contribution in [-0.2, 0) is 11.2 Å². The molecule has 27 heavy (non-hydrogen) atoms. The molecule has 6 heteroatoms. The normalized spacial score (nSPS) is 26.9. The van der Waals surface area contributed by atoms with Crippen molar-refractivity contribution < 1.29 is 23.7 Å². The predicted octanol–water partition coefficient (Wildman–Crippen LogP) is 3.28. The average molecular weight is 381 g/mol. The van der Waals surface area contributed by atoms with E-state index in [0.717, 1.165) is 18.5 Å². The van der Waals surface area contributed by atoms with E-state index in [1.807, 2.05) is 32.9 Å². The lowest BCUT2D eigenvalue weighted by atomic mass is 9.84.